The minimum atomic E-state index is -0.258. The highest BCUT2D eigenvalue weighted by molar-refractivity contribution is 5.97. The zero-order chi connectivity index (χ0) is 23.2. The van der Waals surface area contributed by atoms with Crippen molar-refractivity contribution in [3.05, 3.63) is 72.5 Å². The number of hydrogen-bond donors (Lipinski definition) is 1. The Balaban J connectivity index is 1.53. The summed E-state index contributed by atoms with van der Waals surface area (Å²) in [6.07, 6.45) is 12.6. The van der Waals surface area contributed by atoms with Gasteiger partial charge in [0.15, 0.2) is 0 Å². The smallest absolute Gasteiger partial charge is 0.245 e. The van der Waals surface area contributed by atoms with Crippen LogP contribution in [0.15, 0.2) is 55.4 Å². The first-order chi connectivity index (χ1) is 15.9. The van der Waals surface area contributed by atoms with Crippen molar-refractivity contribution in [1.29, 1.82) is 0 Å². The number of aromatic nitrogens is 2. The number of nitrogen functional groups attached to an aromatic ring is 1. The molecule has 3 aromatic rings. The van der Waals surface area contributed by atoms with Crippen LogP contribution in [0.4, 0.5) is 10.2 Å². The summed E-state index contributed by atoms with van der Waals surface area (Å²) in [5.74, 6) is 0.244. The third-order valence-corrected chi connectivity index (χ3v) is 7.59. The summed E-state index contributed by atoms with van der Waals surface area (Å²) < 4.78 is 15.8. The molecule has 5 rings (SSSR count). The van der Waals surface area contributed by atoms with Gasteiger partial charge in [-0.05, 0) is 73.8 Å². The first-order valence-corrected chi connectivity index (χ1v) is 11.5. The number of allylic oxidation sites excluding steroid dienone is 2. The summed E-state index contributed by atoms with van der Waals surface area (Å²) in [7, 11) is 0. The first-order valence-electron chi connectivity index (χ1n) is 11.5. The number of nitrogens with two attached hydrogens (primary N) is 1. The molecule has 2 aliphatic rings. The van der Waals surface area contributed by atoms with E-state index in [1.54, 1.807) is 6.20 Å². The lowest BCUT2D eigenvalue weighted by molar-refractivity contribution is -0.128. The summed E-state index contributed by atoms with van der Waals surface area (Å²) in [6.45, 7) is 7.32. The van der Waals surface area contributed by atoms with E-state index in [9.17, 15) is 9.18 Å². The van der Waals surface area contributed by atoms with Crippen LogP contribution in [0.25, 0.3) is 22.2 Å². The van der Waals surface area contributed by atoms with Gasteiger partial charge in [-0.2, -0.15) is 0 Å². The van der Waals surface area contributed by atoms with Crippen LogP contribution in [0.3, 0.4) is 0 Å². The fourth-order valence-electron chi connectivity index (χ4n) is 5.63. The van der Waals surface area contributed by atoms with Crippen LogP contribution in [0.5, 0.6) is 0 Å². The lowest BCUT2D eigenvalue weighted by Crippen LogP contribution is -2.43. The maximum absolute atomic E-state index is 13.7. The van der Waals surface area contributed by atoms with Gasteiger partial charge in [-0.15, -0.1) is 0 Å². The maximum Gasteiger partial charge on any atom is 0.245 e. The van der Waals surface area contributed by atoms with Crippen LogP contribution in [0.2, 0.25) is 0 Å². The summed E-state index contributed by atoms with van der Waals surface area (Å²) >= 11 is 0. The van der Waals surface area contributed by atoms with E-state index in [0.29, 0.717) is 5.82 Å². The fourth-order valence-corrected chi connectivity index (χ4v) is 5.63. The van der Waals surface area contributed by atoms with E-state index in [1.807, 2.05) is 23.2 Å². The van der Waals surface area contributed by atoms with Crippen LogP contribution in [0.1, 0.15) is 43.4 Å². The van der Waals surface area contributed by atoms with Crippen LogP contribution in [-0.4, -0.2) is 33.3 Å². The highest BCUT2D eigenvalue weighted by Crippen LogP contribution is 2.49. The summed E-state index contributed by atoms with van der Waals surface area (Å²) in [5.41, 5.74) is 13.0. The third-order valence-electron chi connectivity index (χ3n) is 7.59. The molecular weight excluding hydrogens is 415 g/mol. The molecule has 0 unspecified atom stereocenters. The van der Waals surface area contributed by atoms with Crippen LogP contribution in [0, 0.1) is 18.2 Å². The van der Waals surface area contributed by atoms with Crippen molar-refractivity contribution >= 4 is 22.8 Å². The number of piperidine rings is 1. The van der Waals surface area contributed by atoms with Gasteiger partial charge < -0.3 is 15.0 Å². The quantitative estimate of drug-likeness (QED) is 0.551. The molecular formula is C27H29FN4O. The second-order valence-corrected chi connectivity index (χ2v) is 9.34. The summed E-state index contributed by atoms with van der Waals surface area (Å²) in [4.78, 5) is 18.2. The Kier molecular flexibility index (Phi) is 5.31. The maximum atomic E-state index is 13.7. The molecule has 1 spiro atoms. The molecule has 0 atom stereocenters. The van der Waals surface area contributed by atoms with Gasteiger partial charge in [-0.1, -0.05) is 24.8 Å². The molecule has 1 saturated heterocycles. The number of rotatable bonds is 3. The van der Waals surface area contributed by atoms with Crippen molar-refractivity contribution in [3.63, 3.8) is 0 Å². The lowest BCUT2D eigenvalue weighted by atomic mass is 9.68. The van der Waals surface area contributed by atoms with Gasteiger partial charge >= 0.3 is 0 Å². The Bertz CT molecular complexity index is 1260. The van der Waals surface area contributed by atoms with Crippen LogP contribution >= 0.6 is 0 Å². The van der Waals surface area contributed by atoms with E-state index in [1.165, 1.54) is 29.3 Å². The number of nitrogens with zero attached hydrogens (tertiary/aromatic N) is 3. The Morgan fingerprint density at radius 1 is 1.18 bits per heavy atom. The SMILES string of the molecule is C=CC(=O)N1CCC2(CC=C(c3c(-c4ccc(F)cc4)c4c(N)nccn4c3C)CC2)CC1. The Labute approximate surface area is 193 Å². The van der Waals surface area contributed by atoms with Crippen molar-refractivity contribution in [2.45, 2.75) is 39.0 Å². The first kappa shape index (κ1) is 21.4. The zero-order valence-electron chi connectivity index (χ0n) is 19.0. The van der Waals surface area contributed by atoms with Gasteiger partial charge in [0.25, 0.3) is 0 Å². The van der Waals surface area contributed by atoms with Gasteiger partial charge in [-0.25, -0.2) is 9.37 Å². The minimum Gasteiger partial charge on any atom is -0.382 e. The molecule has 1 aliphatic carbocycles. The van der Waals surface area contributed by atoms with Gasteiger partial charge in [0.05, 0.1) is 5.52 Å². The molecule has 1 aromatic carbocycles. The monoisotopic (exact) mass is 444 g/mol. The van der Waals surface area contributed by atoms with Crippen LogP contribution < -0.4 is 5.73 Å². The second kappa shape index (κ2) is 8.18. The molecule has 3 heterocycles. The number of carbonyl (C=O) groups excluding carboxylic acids is 1. The summed E-state index contributed by atoms with van der Waals surface area (Å²) in [6, 6.07) is 6.62. The Morgan fingerprint density at radius 2 is 1.91 bits per heavy atom. The molecule has 2 aromatic heterocycles. The molecule has 5 nitrogen and oxygen atoms in total. The van der Waals surface area contributed by atoms with Gasteiger partial charge in [0.1, 0.15) is 11.6 Å². The third kappa shape index (κ3) is 3.63. The van der Waals surface area contributed by atoms with Crippen molar-refractivity contribution in [2.24, 2.45) is 5.41 Å². The second-order valence-electron chi connectivity index (χ2n) is 9.34. The van der Waals surface area contributed by atoms with E-state index in [0.717, 1.165) is 67.5 Å². The number of aryl methyl sites for hydroxylation is 1. The molecule has 1 amide bonds. The zero-order valence-corrected chi connectivity index (χ0v) is 19.0. The number of amides is 1. The average Bonchev–Trinajstić information content (AvgIpc) is 3.14. The van der Waals surface area contributed by atoms with E-state index in [-0.39, 0.29) is 17.1 Å². The van der Waals surface area contributed by atoms with E-state index in [2.05, 4.69) is 29.0 Å². The van der Waals surface area contributed by atoms with Gasteiger partial charge in [0, 0.05) is 42.3 Å². The van der Waals surface area contributed by atoms with E-state index >= 15 is 0 Å². The molecule has 170 valence electrons. The number of anilines is 1. The van der Waals surface area contributed by atoms with Gasteiger partial charge in [0.2, 0.25) is 5.91 Å². The number of likely N-dealkylation sites (tertiary alicyclic amines) is 1. The molecule has 0 bridgehead atoms. The Hall–Kier alpha value is -3.41. The fraction of sp³-hybridized carbons (Fsp3) is 0.333. The number of halogens is 1. The summed E-state index contributed by atoms with van der Waals surface area (Å²) in [5, 5.41) is 0. The van der Waals surface area contributed by atoms with Crippen molar-refractivity contribution in [2.75, 3.05) is 18.8 Å². The van der Waals surface area contributed by atoms with E-state index in [4.69, 9.17) is 5.73 Å². The molecule has 0 radical (unpaired) electrons. The minimum absolute atomic E-state index is 0.0307. The molecule has 6 heteroatoms. The standard InChI is InChI=1S/C27H29FN4O/c1-3-22(33)31-15-12-27(13-16-31)10-8-20(9-11-27)23-18(2)32-17-14-30-26(29)25(32)24(23)19-4-6-21(28)7-5-19/h3-8,14,17H,1,9-13,15-16H2,2H3,(H2,29,30). The lowest BCUT2D eigenvalue weighted by Gasteiger charge is -2.43. The van der Waals surface area contributed by atoms with Crippen LogP contribution in [-0.2, 0) is 4.79 Å². The highest BCUT2D eigenvalue weighted by Gasteiger charge is 2.37. The predicted octanol–water partition coefficient (Wildman–Crippen LogP) is 5.39. The average molecular weight is 445 g/mol. The molecule has 0 saturated carbocycles. The topological polar surface area (TPSA) is 63.6 Å². The molecule has 33 heavy (non-hydrogen) atoms. The van der Waals surface area contributed by atoms with Crippen molar-refractivity contribution in [3.8, 4) is 11.1 Å². The number of benzene rings is 1. The van der Waals surface area contributed by atoms with E-state index < -0.39 is 0 Å². The predicted molar refractivity (Wildman–Crippen MR) is 130 cm³/mol. The number of hydrogen-bond acceptors (Lipinski definition) is 3. The van der Waals surface area contributed by atoms with Gasteiger partial charge in [-0.3, -0.25) is 4.79 Å². The van der Waals surface area contributed by atoms with Crippen molar-refractivity contribution in [1.82, 2.24) is 14.3 Å². The molecule has 2 N–H and O–H groups in total. The molecule has 1 aliphatic heterocycles. The number of fused-ring (bicyclic) bond motifs is 1. The number of carbonyl (C=O) groups is 1. The normalized spacial score (nSPS) is 17.9. The highest BCUT2D eigenvalue weighted by atomic mass is 19.1. The molecule has 1 fully saturated rings. The van der Waals surface area contributed by atoms with Crippen molar-refractivity contribution < 1.29 is 9.18 Å². The largest absolute Gasteiger partial charge is 0.382 e. The Morgan fingerprint density at radius 3 is 2.55 bits per heavy atom.